The average molecular weight is 512 g/mol. The molecule has 0 spiro atoms. The van der Waals surface area contributed by atoms with Gasteiger partial charge in [0.15, 0.2) is 0 Å². The van der Waals surface area contributed by atoms with Gasteiger partial charge >= 0.3 is 18.0 Å². The van der Waals surface area contributed by atoms with Crippen molar-refractivity contribution < 1.29 is 23.9 Å². The summed E-state index contributed by atoms with van der Waals surface area (Å²) >= 11 is 12.7. The first kappa shape index (κ1) is 26.3. The van der Waals surface area contributed by atoms with E-state index in [0.717, 1.165) is 0 Å². The zero-order valence-corrected chi connectivity index (χ0v) is 21.2. The second kappa shape index (κ2) is 11.9. The number of halogens is 2. The SMILES string of the molecule is CCOC(=O)C1=C(CN2CCC(C(=O)OCC)CC2)N(CC)C(=O)N[C@H]1c1cccc(Cl)c1Cl. The molecule has 2 amide bonds. The van der Waals surface area contributed by atoms with Crippen LogP contribution in [0.3, 0.4) is 0 Å². The van der Waals surface area contributed by atoms with Crippen LogP contribution in [0.25, 0.3) is 0 Å². The summed E-state index contributed by atoms with van der Waals surface area (Å²) in [5, 5.41) is 3.50. The number of amides is 2. The van der Waals surface area contributed by atoms with Crippen LogP contribution in [0.15, 0.2) is 29.5 Å². The molecule has 0 bridgehead atoms. The van der Waals surface area contributed by atoms with E-state index in [9.17, 15) is 14.4 Å². The Morgan fingerprint density at radius 3 is 2.38 bits per heavy atom. The van der Waals surface area contributed by atoms with Crippen LogP contribution >= 0.6 is 23.2 Å². The highest BCUT2D eigenvalue weighted by molar-refractivity contribution is 6.42. The molecule has 1 aromatic rings. The lowest BCUT2D eigenvalue weighted by atomic mass is 9.93. The number of nitrogens with zero attached hydrogens (tertiary/aromatic N) is 2. The Bertz CT molecular complexity index is 960. The fourth-order valence-electron chi connectivity index (χ4n) is 4.43. The van der Waals surface area contributed by atoms with E-state index in [2.05, 4.69) is 10.2 Å². The molecule has 0 saturated carbocycles. The molecule has 0 aromatic heterocycles. The minimum absolute atomic E-state index is 0.135. The van der Waals surface area contributed by atoms with Crippen molar-refractivity contribution in [1.82, 2.24) is 15.1 Å². The van der Waals surface area contributed by atoms with Crippen LogP contribution in [0.1, 0.15) is 45.2 Å². The molecule has 0 unspecified atom stereocenters. The van der Waals surface area contributed by atoms with Gasteiger partial charge in [-0.15, -0.1) is 0 Å². The van der Waals surface area contributed by atoms with Crippen molar-refractivity contribution in [2.75, 3.05) is 39.4 Å². The number of hydrogen-bond acceptors (Lipinski definition) is 6. The highest BCUT2D eigenvalue weighted by Gasteiger charge is 2.39. The van der Waals surface area contributed by atoms with Gasteiger partial charge in [-0.3, -0.25) is 14.6 Å². The Balaban J connectivity index is 1.97. The van der Waals surface area contributed by atoms with Gasteiger partial charge in [-0.05, 0) is 58.3 Å². The molecule has 34 heavy (non-hydrogen) atoms. The molecular formula is C24H31Cl2N3O5. The number of ether oxygens (including phenoxy) is 2. The van der Waals surface area contributed by atoms with Gasteiger partial charge in [-0.1, -0.05) is 35.3 Å². The van der Waals surface area contributed by atoms with Crippen molar-refractivity contribution >= 4 is 41.2 Å². The van der Waals surface area contributed by atoms with Crippen LogP contribution in [0.5, 0.6) is 0 Å². The number of rotatable bonds is 8. The number of benzene rings is 1. The molecule has 1 saturated heterocycles. The van der Waals surface area contributed by atoms with Crippen LogP contribution in [-0.4, -0.2) is 67.2 Å². The normalized spacial score (nSPS) is 19.7. The average Bonchev–Trinajstić information content (AvgIpc) is 2.81. The van der Waals surface area contributed by atoms with E-state index in [1.54, 1.807) is 36.9 Å². The zero-order valence-electron chi connectivity index (χ0n) is 19.7. The van der Waals surface area contributed by atoms with E-state index in [-0.39, 0.29) is 29.5 Å². The minimum Gasteiger partial charge on any atom is -0.466 e. The van der Waals surface area contributed by atoms with Crippen LogP contribution in [-0.2, 0) is 19.1 Å². The smallest absolute Gasteiger partial charge is 0.338 e. The molecule has 2 heterocycles. The van der Waals surface area contributed by atoms with E-state index in [1.807, 2.05) is 6.92 Å². The summed E-state index contributed by atoms with van der Waals surface area (Å²) in [6.07, 6.45) is 1.31. The maximum absolute atomic E-state index is 13.2. The maximum Gasteiger partial charge on any atom is 0.338 e. The monoisotopic (exact) mass is 511 g/mol. The second-order valence-corrected chi connectivity index (χ2v) is 8.94. The molecule has 186 valence electrons. The van der Waals surface area contributed by atoms with E-state index in [1.165, 1.54) is 0 Å². The Morgan fingerprint density at radius 2 is 1.76 bits per heavy atom. The number of likely N-dealkylation sites (tertiary alicyclic amines) is 1. The van der Waals surface area contributed by atoms with Crippen molar-refractivity contribution in [3.8, 4) is 0 Å². The predicted molar refractivity (Wildman–Crippen MR) is 130 cm³/mol. The van der Waals surface area contributed by atoms with Crippen LogP contribution in [0.4, 0.5) is 4.79 Å². The summed E-state index contributed by atoms with van der Waals surface area (Å²) in [5.41, 5.74) is 1.43. The van der Waals surface area contributed by atoms with Crippen molar-refractivity contribution in [2.24, 2.45) is 5.92 Å². The van der Waals surface area contributed by atoms with Gasteiger partial charge in [-0.25, -0.2) is 9.59 Å². The molecule has 1 fully saturated rings. The van der Waals surface area contributed by atoms with Gasteiger partial charge in [0.2, 0.25) is 0 Å². The summed E-state index contributed by atoms with van der Waals surface area (Å²) in [7, 11) is 0. The molecule has 10 heteroatoms. The highest BCUT2D eigenvalue weighted by Crippen LogP contribution is 2.38. The third kappa shape index (κ3) is 5.67. The number of likely N-dealkylation sites (N-methyl/N-ethyl adjacent to an activating group) is 1. The van der Waals surface area contributed by atoms with Gasteiger partial charge in [-0.2, -0.15) is 0 Å². The molecule has 0 aliphatic carbocycles. The molecule has 1 aromatic carbocycles. The molecule has 1 N–H and O–H groups in total. The quantitative estimate of drug-likeness (QED) is 0.526. The summed E-state index contributed by atoms with van der Waals surface area (Å²) < 4.78 is 10.6. The van der Waals surface area contributed by atoms with Gasteiger partial charge in [0, 0.05) is 18.8 Å². The third-order valence-electron chi connectivity index (χ3n) is 6.12. The number of carbonyl (C=O) groups is 3. The molecule has 2 aliphatic rings. The first-order chi connectivity index (χ1) is 16.3. The van der Waals surface area contributed by atoms with E-state index >= 15 is 0 Å². The topological polar surface area (TPSA) is 88.2 Å². The molecule has 3 rings (SSSR count). The van der Waals surface area contributed by atoms with Gasteiger partial charge in [0.05, 0.1) is 40.8 Å². The number of carbonyl (C=O) groups excluding carboxylic acids is 3. The lowest BCUT2D eigenvalue weighted by molar-refractivity contribution is -0.149. The first-order valence-corrected chi connectivity index (χ1v) is 12.4. The summed E-state index contributed by atoms with van der Waals surface area (Å²) in [6.45, 7) is 7.96. The zero-order chi connectivity index (χ0) is 24.8. The number of urea groups is 1. The molecule has 0 radical (unpaired) electrons. The van der Waals surface area contributed by atoms with Crippen LogP contribution in [0, 0.1) is 5.92 Å². The number of esters is 2. The molecule has 8 nitrogen and oxygen atoms in total. The second-order valence-electron chi connectivity index (χ2n) is 8.15. The number of nitrogens with one attached hydrogen (secondary N) is 1. The summed E-state index contributed by atoms with van der Waals surface area (Å²) in [5.74, 6) is -0.820. The lowest BCUT2D eigenvalue weighted by Crippen LogP contribution is -2.51. The fraction of sp³-hybridized carbons (Fsp3) is 0.542. The highest BCUT2D eigenvalue weighted by atomic mass is 35.5. The van der Waals surface area contributed by atoms with E-state index in [4.69, 9.17) is 32.7 Å². The molecule has 1 atom stereocenters. The largest absolute Gasteiger partial charge is 0.466 e. The molecule has 2 aliphatic heterocycles. The van der Waals surface area contributed by atoms with Gasteiger partial charge < -0.3 is 14.8 Å². The summed E-state index contributed by atoms with van der Waals surface area (Å²) in [6, 6.07) is 3.99. The van der Waals surface area contributed by atoms with Gasteiger partial charge in [0.1, 0.15) is 0 Å². The maximum atomic E-state index is 13.2. The van der Waals surface area contributed by atoms with Crippen molar-refractivity contribution in [1.29, 1.82) is 0 Å². The Hall–Kier alpha value is -2.29. The van der Waals surface area contributed by atoms with Gasteiger partial charge in [0.25, 0.3) is 0 Å². The predicted octanol–water partition coefficient (Wildman–Crippen LogP) is 4.17. The minimum atomic E-state index is -0.798. The summed E-state index contributed by atoms with van der Waals surface area (Å²) in [4.78, 5) is 42.1. The number of hydrogen-bond donors (Lipinski definition) is 1. The van der Waals surface area contributed by atoms with Crippen molar-refractivity contribution in [3.05, 3.63) is 45.1 Å². The first-order valence-electron chi connectivity index (χ1n) is 11.6. The third-order valence-corrected chi connectivity index (χ3v) is 6.96. The van der Waals surface area contributed by atoms with Crippen LogP contribution in [0.2, 0.25) is 10.0 Å². The Kier molecular flexibility index (Phi) is 9.22. The van der Waals surface area contributed by atoms with Crippen LogP contribution < -0.4 is 5.32 Å². The standard InChI is InChI=1S/C24H31Cl2N3O5/c1-4-29-18(14-28-12-10-15(11-13-28)22(30)33-5-2)19(23(31)34-6-3)21(27-24(29)32)16-8-7-9-17(25)20(16)26/h7-9,15,21H,4-6,10-14H2,1-3H3,(H,27,32)/t21-/m0/s1. The van der Waals surface area contributed by atoms with Crippen molar-refractivity contribution in [3.63, 3.8) is 0 Å². The number of piperidine rings is 1. The molecular weight excluding hydrogens is 481 g/mol. The fourth-order valence-corrected chi connectivity index (χ4v) is 4.85. The Morgan fingerprint density at radius 1 is 1.09 bits per heavy atom. The Labute approximate surface area is 210 Å². The van der Waals surface area contributed by atoms with E-state index in [0.29, 0.717) is 67.5 Å². The van der Waals surface area contributed by atoms with Crippen molar-refractivity contribution in [2.45, 2.75) is 39.7 Å². The lowest BCUT2D eigenvalue weighted by Gasteiger charge is -2.39. The van der Waals surface area contributed by atoms with E-state index < -0.39 is 12.0 Å².